The Morgan fingerprint density at radius 1 is 1.11 bits per heavy atom. The highest BCUT2D eigenvalue weighted by molar-refractivity contribution is 8.00. The summed E-state index contributed by atoms with van der Waals surface area (Å²) in [6.07, 6.45) is 3.91. The fourth-order valence-corrected chi connectivity index (χ4v) is 6.23. The van der Waals surface area contributed by atoms with Crippen LogP contribution < -0.4 is 14.8 Å². The van der Waals surface area contributed by atoms with E-state index in [2.05, 4.69) is 10.3 Å². The summed E-state index contributed by atoms with van der Waals surface area (Å²) in [7, 11) is 1.56. The molecule has 1 N–H and O–H groups in total. The number of carbonyl (C=O) groups excluding carboxylic acids is 3. The summed E-state index contributed by atoms with van der Waals surface area (Å²) in [6, 6.07) is 15.3. The van der Waals surface area contributed by atoms with Crippen LogP contribution in [0.5, 0.6) is 11.5 Å². The lowest BCUT2D eigenvalue weighted by molar-refractivity contribution is -0.149. The number of aryl methyl sites for hydroxylation is 1. The van der Waals surface area contributed by atoms with Gasteiger partial charge in [-0.25, -0.2) is 9.78 Å². The zero-order valence-electron chi connectivity index (χ0n) is 20.7. The van der Waals surface area contributed by atoms with Gasteiger partial charge in [0.2, 0.25) is 5.91 Å². The summed E-state index contributed by atoms with van der Waals surface area (Å²) in [5, 5.41) is 2.45. The highest BCUT2D eigenvalue weighted by atomic mass is 32.2. The van der Waals surface area contributed by atoms with Gasteiger partial charge in [-0.1, -0.05) is 36.4 Å². The number of benzene rings is 2. The van der Waals surface area contributed by atoms with E-state index in [1.165, 1.54) is 28.0 Å². The van der Waals surface area contributed by atoms with Crippen molar-refractivity contribution >= 4 is 47.0 Å². The number of esters is 1. The number of amides is 2. The molecule has 38 heavy (non-hydrogen) atoms. The Balaban J connectivity index is 1.38. The quantitative estimate of drug-likeness (QED) is 0.259. The molecule has 1 fully saturated rings. The maximum atomic E-state index is 13.4. The minimum atomic E-state index is -0.714. The van der Waals surface area contributed by atoms with E-state index in [-0.39, 0.29) is 23.9 Å². The van der Waals surface area contributed by atoms with Crippen molar-refractivity contribution in [3.63, 3.8) is 0 Å². The van der Waals surface area contributed by atoms with Gasteiger partial charge in [-0.2, -0.15) is 0 Å². The number of ether oxygens (including phenoxy) is 2. The van der Waals surface area contributed by atoms with Crippen molar-refractivity contribution in [2.75, 3.05) is 12.9 Å². The highest BCUT2D eigenvalue weighted by Crippen LogP contribution is 2.41. The van der Waals surface area contributed by atoms with E-state index in [1.54, 1.807) is 36.9 Å². The van der Waals surface area contributed by atoms with Gasteiger partial charge in [-0.3, -0.25) is 14.5 Å². The first-order valence-corrected chi connectivity index (χ1v) is 13.8. The second-order valence-electron chi connectivity index (χ2n) is 8.69. The monoisotopic (exact) mass is 547 g/mol. The van der Waals surface area contributed by atoms with Gasteiger partial charge in [0, 0.05) is 10.6 Å². The maximum Gasteiger partial charge on any atom is 0.360 e. The summed E-state index contributed by atoms with van der Waals surface area (Å²) in [5.74, 6) is 0.219. The number of aromatic nitrogens is 1. The molecule has 0 saturated carbocycles. The number of hydrogen-bond acceptors (Lipinski definition) is 8. The van der Waals surface area contributed by atoms with Gasteiger partial charge in [0.1, 0.15) is 28.6 Å². The summed E-state index contributed by atoms with van der Waals surface area (Å²) in [6.45, 7) is 1.91. The molecule has 2 aliphatic rings. The van der Waals surface area contributed by atoms with E-state index in [0.29, 0.717) is 22.8 Å². The van der Waals surface area contributed by atoms with E-state index in [0.717, 1.165) is 16.1 Å². The third kappa shape index (κ3) is 5.36. The molecule has 2 aliphatic heterocycles. The summed E-state index contributed by atoms with van der Waals surface area (Å²) < 4.78 is 10.8. The zero-order valence-corrected chi connectivity index (χ0v) is 22.4. The van der Waals surface area contributed by atoms with Gasteiger partial charge in [-0.15, -0.1) is 23.1 Å². The zero-order chi connectivity index (χ0) is 26.6. The molecule has 1 saturated heterocycles. The molecule has 2 aromatic carbocycles. The summed E-state index contributed by atoms with van der Waals surface area (Å²) in [5.41, 5.74) is 4.35. The fourth-order valence-electron chi connectivity index (χ4n) is 4.21. The van der Waals surface area contributed by atoms with E-state index in [1.807, 2.05) is 49.4 Å². The molecule has 2 amide bonds. The number of thioether (sulfide) groups is 1. The lowest BCUT2D eigenvalue weighted by Crippen LogP contribution is -2.70. The van der Waals surface area contributed by atoms with Gasteiger partial charge in [-0.05, 0) is 48.4 Å². The fraction of sp³-hybridized carbons (Fsp3) is 0.214. The van der Waals surface area contributed by atoms with Gasteiger partial charge in [0.15, 0.2) is 0 Å². The molecule has 0 aliphatic carbocycles. The number of thiazole rings is 1. The molecule has 8 nitrogen and oxygen atoms in total. The van der Waals surface area contributed by atoms with Crippen LogP contribution in [0, 0.1) is 6.92 Å². The molecule has 0 bridgehead atoms. The van der Waals surface area contributed by atoms with Gasteiger partial charge < -0.3 is 14.8 Å². The minimum absolute atomic E-state index is 0.173. The molecular formula is C28H25N3O5S2. The third-order valence-corrected chi connectivity index (χ3v) is 8.40. The molecule has 3 aromatic rings. The Morgan fingerprint density at radius 2 is 1.84 bits per heavy atom. The molecule has 0 spiro atoms. The van der Waals surface area contributed by atoms with Crippen LogP contribution in [0.4, 0.5) is 0 Å². The lowest BCUT2D eigenvalue weighted by Gasteiger charge is -2.49. The first kappa shape index (κ1) is 25.7. The predicted octanol–water partition coefficient (Wildman–Crippen LogP) is 3.98. The molecule has 3 heterocycles. The van der Waals surface area contributed by atoms with Crippen molar-refractivity contribution < 1.29 is 23.9 Å². The van der Waals surface area contributed by atoms with E-state index in [9.17, 15) is 14.4 Å². The second kappa shape index (κ2) is 11.2. The minimum Gasteiger partial charge on any atom is -0.497 e. The van der Waals surface area contributed by atoms with Crippen molar-refractivity contribution in [2.24, 2.45) is 0 Å². The smallest absolute Gasteiger partial charge is 0.360 e. The molecular weight excluding hydrogens is 522 g/mol. The number of allylic oxidation sites excluding steroid dienone is 1. The van der Waals surface area contributed by atoms with Gasteiger partial charge in [0.25, 0.3) is 5.91 Å². The molecule has 1 aromatic heterocycles. The number of nitrogens with zero attached hydrogens (tertiary/aromatic N) is 2. The molecule has 10 heteroatoms. The maximum absolute atomic E-state index is 13.4. The number of nitrogens with one attached hydrogen (secondary N) is 1. The van der Waals surface area contributed by atoms with E-state index >= 15 is 0 Å². The Bertz CT molecular complexity index is 1420. The Labute approximate surface area is 228 Å². The standard InChI is InChI=1S/C28H25N3O5S2/c1-17-22(38-16-29-17)13-8-19-15-37-27-24(30-23(32)14-18-6-4-3-5-7-18)26(33)31(27)25(19)28(34)36-21-11-9-20(35-2)10-12-21/h3-13,16,24,27H,14-15H2,1-2H3,(H,30,32)/b13-8-. The Hall–Kier alpha value is -3.89. The number of fused-ring (bicyclic) bond motifs is 1. The highest BCUT2D eigenvalue weighted by Gasteiger charge is 2.54. The van der Waals surface area contributed by atoms with Crippen LogP contribution in [0.1, 0.15) is 16.1 Å². The molecule has 2 atom stereocenters. The predicted molar refractivity (Wildman–Crippen MR) is 147 cm³/mol. The van der Waals surface area contributed by atoms with Crippen LogP contribution in [-0.4, -0.2) is 51.9 Å². The van der Waals surface area contributed by atoms with Crippen LogP contribution in [-0.2, 0) is 20.8 Å². The first-order valence-electron chi connectivity index (χ1n) is 11.9. The molecule has 0 radical (unpaired) electrons. The molecule has 5 rings (SSSR count). The number of methoxy groups -OCH3 is 1. The summed E-state index contributed by atoms with van der Waals surface area (Å²) in [4.78, 5) is 46.0. The Kier molecular flexibility index (Phi) is 7.62. The average molecular weight is 548 g/mol. The van der Waals surface area contributed by atoms with Crippen molar-refractivity contribution in [3.05, 3.63) is 93.6 Å². The van der Waals surface area contributed by atoms with Crippen LogP contribution in [0.2, 0.25) is 0 Å². The van der Waals surface area contributed by atoms with Gasteiger partial charge in [0.05, 0.1) is 24.7 Å². The van der Waals surface area contributed by atoms with Crippen LogP contribution in [0.15, 0.2) is 77.5 Å². The summed E-state index contributed by atoms with van der Waals surface area (Å²) >= 11 is 2.99. The largest absolute Gasteiger partial charge is 0.497 e. The second-order valence-corrected chi connectivity index (χ2v) is 10.7. The Morgan fingerprint density at radius 3 is 2.53 bits per heavy atom. The number of β-lactam (4-membered cyclic amide) rings is 1. The SMILES string of the molecule is COc1ccc(OC(=O)C2=C(/C=C\c3scnc3C)CSC3C(NC(=O)Cc4ccccc4)C(=O)N23)cc1. The van der Waals surface area contributed by atoms with Gasteiger partial charge >= 0.3 is 5.97 Å². The van der Waals surface area contributed by atoms with Crippen LogP contribution in [0.3, 0.4) is 0 Å². The van der Waals surface area contributed by atoms with Crippen molar-refractivity contribution in [3.8, 4) is 11.5 Å². The molecule has 2 unspecified atom stereocenters. The lowest BCUT2D eigenvalue weighted by atomic mass is 10.0. The number of rotatable bonds is 8. The normalized spacial score (nSPS) is 18.7. The third-order valence-electron chi connectivity index (χ3n) is 6.20. The van der Waals surface area contributed by atoms with Crippen LogP contribution >= 0.6 is 23.1 Å². The number of carbonyl (C=O) groups is 3. The molecule has 194 valence electrons. The van der Waals surface area contributed by atoms with E-state index in [4.69, 9.17) is 9.47 Å². The average Bonchev–Trinajstić information content (AvgIpc) is 3.35. The van der Waals surface area contributed by atoms with Crippen molar-refractivity contribution in [2.45, 2.75) is 24.8 Å². The first-order chi connectivity index (χ1) is 18.4. The van der Waals surface area contributed by atoms with Crippen molar-refractivity contribution in [1.29, 1.82) is 0 Å². The van der Waals surface area contributed by atoms with Crippen LogP contribution in [0.25, 0.3) is 6.08 Å². The van der Waals surface area contributed by atoms with Crippen molar-refractivity contribution in [1.82, 2.24) is 15.2 Å². The van der Waals surface area contributed by atoms with E-state index < -0.39 is 17.4 Å². The topological polar surface area (TPSA) is 97.8 Å². The number of hydrogen-bond donors (Lipinski definition) is 1.